The number of nitrogen functional groups attached to an aromatic ring is 1. The van der Waals surface area contributed by atoms with E-state index in [1.54, 1.807) is 24.4 Å². The highest BCUT2D eigenvalue weighted by atomic mass is 35.5. The average Bonchev–Trinajstić information content (AvgIpc) is 2.36. The Labute approximate surface area is 125 Å². The van der Waals surface area contributed by atoms with Gasteiger partial charge in [0.2, 0.25) is 0 Å². The van der Waals surface area contributed by atoms with Gasteiger partial charge in [0.05, 0.1) is 27.6 Å². The molecule has 3 nitrogen and oxygen atoms in total. The maximum Gasteiger partial charge on any atom is 0.123 e. The first-order valence-electron chi connectivity index (χ1n) is 5.29. The van der Waals surface area contributed by atoms with Gasteiger partial charge in [-0.25, -0.2) is 4.98 Å². The Morgan fingerprint density at radius 1 is 1.16 bits per heavy atom. The highest BCUT2D eigenvalue weighted by Crippen LogP contribution is 2.36. The Kier molecular flexibility index (Phi) is 4.16. The van der Waals surface area contributed by atoms with Crippen molar-refractivity contribution in [3.8, 4) is 17.2 Å². The molecule has 2 rings (SSSR count). The molecule has 96 valence electrons. The molecule has 1 aromatic carbocycles. The summed E-state index contributed by atoms with van der Waals surface area (Å²) in [4.78, 5) is 4.03. The van der Waals surface area contributed by atoms with Crippen LogP contribution in [0.3, 0.4) is 0 Å². The first kappa shape index (κ1) is 14.0. The second-order valence-electron chi connectivity index (χ2n) is 3.86. The lowest BCUT2D eigenvalue weighted by atomic mass is 10.00. The highest BCUT2D eigenvalue weighted by Gasteiger charge is 2.11. The Bertz CT molecular complexity index is 654. The van der Waals surface area contributed by atoms with E-state index in [1.165, 1.54) is 0 Å². The molecule has 2 N–H and O–H groups in total. The Morgan fingerprint density at radius 2 is 1.79 bits per heavy atom. The van der Waals surface area contributed by atoms with E-state index in [2.05, 4.69) is 11.1 Å². The van der Waals surface area contributed by atoms with Crippen LogP contribution in [0.4, 0.5) is 5.82 Å². The van der Waals surface area contributed by atoms with Gasteiger partial charge in [-0.05, 0) is 29.3 Å². The Hall–Kier alpha value is -1.47. The fourth-order valence-corrected chi connectivity index (χ4v) is 2.31. The van der Waals surface area contributed by atoms with E-state index in [4.69, 9.17) is 45.8 Å². The van der Waals surface area contributed by atoms with Gasteiger partial charge in [0.1, 0.15) is 5.82 Å². The molecule has 2 aromatic rings. The first-order chi connectivity index (χ1) is 9.02. The van der Waals surface area contributed by atoms with Gasteiger partial charge >= 0.3 is 0 Å². The van der Waals surface area contributed by atoms with Crippen LogP contribution >= 0.6 is 34.8 Å². The van der Waals surface area contributed by atoms with Crippen LogP contribution in [0, 0.1) is 11.3 Å². The summed E-state index contributed by atoms with van der Waals surface area (Å²) in [5, 5.41) is 9.86. The lowest BCUT2D eigenvalue weighted by Crippen LogP contribution is -1.96. The Morgan fingerprint density at radius 3 is 2.37 bits per heavy atom. The summed E-state index contributed by atoms with van der Waals surface area (Å²) in [6.45, 7) is 0. The van der Waals surface area contributed by atoms with Crippen LogP contribution in [0.1, 0.15) is 5.56 Å². The maximum atomic E-state index is 8.85. The molecule has 0 atom stereocenters. The highest BCUT2D eigenvalue weighted by molar-refractivity contribution is 6.48. The molecule has 1 aromatic heterocycles. The number of anilines is 1. The number of halogens is 3. The molecule has 1 heterocycles. The summed E-state index contributed by atoms with van der Waals surface area (Å²) >= 11 is 17.9. The molecule has 0 amide bonds. The van der Waals surface area contributed by atoms with E-state index in [0.717, 1.165) is 16.7 Å². The van der Waals surface area contributed by atoms with Gasteiger partial charge in [0.25, 0.3) is 0 Å². The monoisotopic (exact) mass is 311 g/mol. The predicted octanol–water partition coefficient (Wildman–Crippen LogP) is 4.36. The molecule has 0 fully saturated rings. The van der Waals surface area contributed by atoms with Crippen molar-refractivity contribution < 1.29 is 0 Å². The number of pyridine rings is 1. The predicted molar refractivity (Wildman–Crippen MR) is 78.4 cm³/mol. The number of hydrogen-bond donors (Lipinski definition) is 1. The molecule has 0 unspecified atom stereocenters. The minimum Gasteiger partial charge on any atom is -0.384 e. The van der Waals surface area contributed by atoms with Gasteiger partial charge in [-0.15, -0.1) is 0 Å². The van der Waals surface area contributed by atoms with Crippen molar-refractivity contribution in [1.82, 2.24) is 4.98 Å². The number of hydrogen-bond acceptors (Lipinski definition) is 3. The lowest BCUT2D eigenvalue weighted by molar-refractivity contribution is 1.22. The third kappa shape index (κ3) is 2.93. The van der Waals surface area contributed by atoms with Gasteiger partial charge in [-0.2, -0.15) is 5.26 Å². The molecule has 0 saturated heterocycles. The SMILES string of the molecule is N#CCc1cc(N)ncc1-c1cc(Cl)c(Cl)c(Cl)c1. The van der Waals surface area contributed by atoms with E-state index in [0.29, 0.717) is 20.9 Å². The minimum absolute atomic E-state index is 0.222. The summed E-state index contributed by atoms with van der Waals surface area (Å²) in [7, 11) is 0. The average molecular weight is 313 g/mol. The van der Waals surface area contributed by atoms with Gasteiger partial charge in [-0.3, -0.25) is 0 Å². The molecule has 19 heavy (non-hydrogen) atoms. The van der Waals surface area contributed by atoms with E-state index >= 15 is 0 Å². The molecule has 0 aliphatic carbocycles. The fourth-order valence-electron chi connectivity index (χ4n) is 1.72. The largest absolute Gasteiger partial charge is 0.384 e. The second-order valence-corrected chi connectivity index (χ2v) is 5.05. The zero-order valence-corrected chi connectivity index (χ0v) is 11.9. The van der Waals surface area contributed by atoms with Gasteiger partial charge < -0.3 is 5.73 Å². The zero-order chi connectivity index (χ0) is 14.0. The van der Waals surface area contributed by atoms with Crippen LogP contribution in [0.2, 0.25) is 15.1 Å². The third-order valence-corrected chi connectivity index (χ3v) is 3.77. The molecular formula is C13H8Cl3N3. The summed E-state index contributed by atoms with van der Waals surface area (Å²) in [6, 6.07) is 7.12. The molecule has 0 aliphatic rings. The van der Waals surface area contributed by atoms with Crippen LogP contribution in [-0.4, -0.2) is 4.98 Å². The quantitative estimate of drug-likeness (QED) is 0.838. The number of nitrogens with zero attached hydrogens (tertiary/aromatic N) is 2. The minimum atomic E-state index is 0.222. The van der Waals surface area contributed by atoms with E-state index < -0.39 is 0 Å². The molecule has 0 spiro atoms. The maximum absolute atomic E-state index is 8.85. The van der Waals surface area contributed by atoms with E-state index in [9.17, 15) is 0 Å². The van der Waals surface area contributed by atoms with Crippen molar-refractivity contribution in [2.75, 3.05) is 5.73 Å². The van der Waals surface area contributed by atoms with Crippen LogP contribution in [0.25, 0.3) is 11.1 Å². The second kappa shape index (κ2) is 5.66. The van der Waals surface area contributed by atoms with Crippen molar-refractivity contribution in [3.63, 3.8) is 0 Å². The molecule has 0 bridgehead atoms. The van der Waals surface area contributed by atoms with Gasteiger partial charge in [0, 0.05) is 11.8 Å². The molecule has 6 heteroatoms. The van der Waals surface area contributed by atoms with E-state index in [1.807, 2.05) is 0 Å². The lowest BCUT2D eigenvalue weighted by Gasteiger charge is -2.09. The molecular weight excluding hydrogens is 305 g/mol. The standard InChI is InChI=1S/C13H8Cl3N3/c14-10-3-8(4-11(15)13(10)16)9-6-19-12(18)5-7(9)1-2-17/h3-6H,1H2,(H2,18,19). The number of nitrogens with two attached hydrogens (primary N) is 1. The zero-order valence-electron chi connectivity index (χ0n) is 9.62. The summed E-state index contributed by atoms with van der Waals surface area (Å²) in [6.07, 6.45) is 1.82. The summed E-state index contributed by atoms with van der Waals surface area (Å²) in [5.74, 6) is 0.361. The summed E-state index contributed by atoms with van der Waals surface area (Å²) < 4.78 is 0. The number of nitriles is 1. The van der Waals surface area contributed by atoms with Crippen molar-refractivity contribution in [2.45, 2.75) is 6.42 Å². The van der Waals surface area contributed by atoms with Crippen LogP contribution in [0.15, 0.2) is 24.4 Å². The number of benzene rings is 1. The number of rotatable bonds is 2. The smallest absolute Gasteiger partial charge is 0.123 e. The van der Waals surface area contributed by atoms with Crippen LogP contribution < -0.4 is 5.73 Å². The fraction of sp³-hybridized carbons (Fsp3) is 0.0769. The first-order valence-corrected chi connectivity index (χ1v) is 6.42. The normalized spacial score (nSPS) is 10.2. The van der Waals surface area contributed by atoms with Crippen LogP contribution in [0.5, 0.6) is 0 Å². The number of aromatic nitrogens is 1. The molecule has 0 saturated carbocycles. The van der Waals surface area contributed by atoms with Gasteiger partial charge in [0.15, 0.2) is 0 Å². The van der Waals surface area contributed by atoms with Crippen molar-refractivity contribution in [1.29, 1.82) is 5.26 Å². The Balaban J connectivity index is 2.62. The third-order valence-electron chi connectivity index (χ3n) is 2.58. The van der Waals surface area contributed by atoms with Crippen molar-refractivity contribution in [2.24, 2.45) is 0 Å². The van der Waals surface area contributed by atoms with Gasteiger partial charge in [-0.1, -0.05) is 34.8 Å². The topological polar surface area (TPSA) is 62.7 Å². The molecule has 0 aliphatic heterocycles. The summed E-state index contributed by atoms with van der Waals surface area (Å²) in [5.41, 5.74) is 7.90. The van der Waals surface area contributed by atoms with Crippen LogP contribution in [-0.2, 0) is 6.42 Å². The molecule has 0 radical (unpaired) electrons. The van der Waals surface area contributed by atoms with E-state index in [-0.39, 0.29) is 6.42 Å². The van der Waals surface area contributed by atoms with Crippen molar-refractivity contribution in [3.05, 3.63) is 45.0 Å². The van der Waals surface area contributed by atoms with Crippen molar-refractivity contribution >= 4 is 40.6 Å².